The van der Waals surface area contributed by atoms with Crippen LogP contribution in [0.15, 0.2) is 52.0 Å². The molecule has 8 nitrogen and oxygen atoms in total. The third kappa shape index (κ3) is 4.06. The summed E-state index contributed by atoms with van der Waals surface area (Å²) in [6, 6.07) is 8.52. The zero-order chi connectivity index (χ0) is 17.9. The summed E-state index contributed by atoms with van der Waals surface area (Å²) in [6.45, 7) is 0.234. The molecule has 1 atom stereocenters. The van der Waals surface area contributed by atoms with Gasteiger partial charge in [0.05, 0.1) is 29.9 Å². The summed E-state index contributed by atoms with van der Waals surface area (Å²) in [4.78, 5) is 23.3. The minimum atomic E-state index is -3.75. The summed E-state index contributed by atoms with van der Waals surface area (Å²) in [5.74, 6) is -0.807. The monoisotopic (exact) mass is 365 g/mol. The van der Waals surface area contributed by atoms with Crippen LogP contribution in [0.25, 0.3) is 0 Å². The average molecular weight is 365 g/mol. The molecule has 1 N–H and O–H groups in total. The van der Waals surface area contributed by atoms with Gasteiger partial charge in [0.15, 0.2) is 0 Å². The van der Waals surface area contributed by atoms with Crippen molar-refractivity contribution in [2.24, 2.45) is 0 Å². The van der Waals surface area contributed by atoms with Gasteiger partial charge in [0.1, 0.15) is 5.76 Å². The fourth-order valence-corrected chi connectivity index (χ4v) is 3.21. The van der Waals surface area contributed by atoms with Gasteiger partial charge in [-0.15, -0.1) is 0 Å². The molecular weight excluding hydrogens is 350 g/mol. The summed E-state index contributed by atoms with van der Waals surface area (Å²) in [5.41, 5.74) is 0.143. The molecule has 1 fully saturated rings. The minimum absolute atomic E-state index is 0.00381. The van der Waals surface area contributed by atoms with E-state index in [0.29, 0.717) is 12.2 Å². The molecule has 132 valence electrons. The number of benzene rings is 1. The van der Waals surface area contributed by atoms with E-state index in [1.54, 1.807) is 12.1 Å². The van der Waals surface area contributed by atoms with Gasteiger partial charge in [-0.25, -0.2) is 22.7 Å². The lowest BCUT2D eigenvalue weighted by Crippen LogP contribution is -2.24. The Morgan fingerprint density at radius 3 is 2.60 bits per heavy atom. The van der Waals surface area contributed by atoms with Gasteiger partial charge in [0.2, 0.25) is 16.1 Å². The molecule has 0 bridgehead atoms. The van der Waals surface area contributed by atoms with E-state index in [1.807, 2.05) is 0 Å². The Kier molecular flexibility index (Phi) is 4.86. The van der Waals surface area contributed by atoms with Crippen LogP contribution in [0, 0.1) is 0 Å². The van der Waals surface area contributed by atoms with Crippen LogP contribution in [0.4, 0.5) is 0 Å². The molecule has 1 aromatic carbocycles. The predicted octanol–water partition coefficient (Wildman–Crippen LogP) is 1.23. The molecule has 2 heterocycles. The van der Waals surface area contributed by atoms with E-state index < -0.39 is 28.1 Å². The van der Waals surface area contributed by atoms with Crippen molar-refractivity contribution in [1.82, 2.24) is 4.72 Å². The van der Waals surface area contributed by atoms with Crippen molar-refractivity contribution < 1.29 is 31.9 Å². The van der Waals surface area contributed by atoms with E-state index in [-0.39, 0.29) is 23.6 Å². The van der Waals surface area contributed by atoms with E-state index >= 15 is 0 Å². The van der Waals surface area contributed by atoms with Crippen LogP contribution >= 0.6 is 0 Å². The van der Waals surface area contributed by atoms with E-state index in [4.69, 9.17) is 13.9 Å². The van der Waals surface area contributed by atoms with Gasteiger partial charge in [-0.2, -0.15) is 0 Å². The lowest BCUT2D eigenvalue weighted by Gasteiger charge is -2.09. The molecule has 9 heteroatoms. The molecule has 2 aromatic rings. The lowest BCUT2D eigenvalue weighted by atomic mass is 10.2. The number of carbonyl (C=O) groups is 2. The minimum Gasteiger partial charge on any atom is -0.468 e. The van der Waals surface area contributed by atoms with Crippen LogP contribution in [0.5, 0.6) is 0 Å². The molecule has 3 rings (SSSR count). The number of furan rings is 1. The van der Waals surface area contributed by atoms with Crippen molar-refractivity contribution in [3.63, 3.8) is 0 Å². The fraction of sp³-hybridized carbons (Fsp3) is 0.250. The number of cyclic esters (lactones) is 1. The van der Waals surface area contributed by atoms with Gasteiger partial charge in [-0.05, 0) is 36.4 Å². The van der Waals surface area contributed by atoms with Gasteiger partial charge in [0.25, 0.3) is 0 Å². The van der Waals surface area contributed by atoms with E-state index in [2.05, 4.69) is 4.72 Å². The SMILES string of the molecule is O=C(O[C@@H]1CCOC1=O)c1ccc(S(=O)(=O)NCc2ccco2)cc1. The van der Waals surface area contributed by atoms with Crippen molar-refractivity contribution in [3.8, 4) is 0 Å². The third-order valence-electron chi connectivity index (χ3n) is 3.55. The van der Waals surface area contributed by atoms with Gasteiger partial charge in [-0.1, -0.05) is 0 Å². The van der Waals surface area contributed by atoms with Gasteiger partial charge in [-0.3, -0.25) is 0 Å². The molecule has 25 heavy (non-hydrogen) atoms. The zero-order valence-electron chi connectivity index (χ0n) is 13.0. The Bertz CT molecular complexity index is 856. The number of ether oxygens (including phenoxy) is 2. The molecule has 1 saturated heterocycles. The molecule has 0 unspecified atom stereocenters. The molecule has 1 aliphatic rings. The molecule has 0 radical (unpaired) electrons. The molecule has 1 aromatic heterocycles. The Balaban J connectivity index is 1.64. The first-order valence-electron chi connectivity index (χ1n) is 7.45. The van der Waals surface area contributed by atoms with Crippen molar-refractivity contribution in [2.45, 2.75) is 24.0 Å². The Labute approximate surface area is 143 Å². The number of rotatable bonds is 6. The summed E-state index contributed by atoms with van der Waals surface area (Å²) in [6.07, 6.45) is 0.851. The summed E-state index contributed by atoms with van der Waals surface area (Å²) < 4.78 is 41.6. The van der Waals surface area contributed by atoms with Crippen LogP contribution in [0.2, 0.25) is 0 Å². The van der Waals surface area contributed by atoms with Crippen LogP contribution in [0.1, 0.15) is 22.5 Å². The van der Waals surface area contributed by atoms with Crippen molar-refractivity contribution in [2.75, 3.05) is 6.61 Å². The number of hydrogen-bond donors (Lipinski definition) is 1. The second kappa shape index (κ2) is 7.08. The first-order valence-corrected chi connectivity index (χ1v) is 8.94. The first-order chi connectivity index (χ1) is 12.0. The molecule has 0 amide bonds. The molecule has 1 aliphatic heterocycles. The highest BCUT2D eigenvalue weighted by Crippen LogP contribution is 2.16. The van der Waals surface area contributed by atoms with Crippen molar-refractivity contribution in [3.05, 3.63) is 54.0 Å². The van der Waals surface area contributed by atoms with Crippen LogP contribution in [-0.2, 0) is 30.8 Å². The number of hydrogen-bond acceptors (Lipinski definition) is 7. The lowest BCUT2D eigenvalue weighted by molar-refractivity contribution is -0.145. The molecule has 0 spiro atoms. The largest absolute Gasteiger partial charge is 0.468 e. The summed E-state index contributed by atoms with van der Waals surface area (Å²) >= 11 is 0. The average Bonchev–Trinajstić information content (AvgIpc) is 3.25. The van der Waals surface area contributed by atoms with Gasteiger partial charge < -0.3 is 13.9 Å². The van der Waals surface area contributed by atoms with Crippen LogP contribution in [0.3, 0.4) is 0 Å². The quantitative estimate of drug-likeness (QED) is 0.766. The normalized spacial score (nSPS) is 17.3. The molecule has 0 saturated carbocycles. The van der Waals surface area contributed by atoms with E-state index in [0.717, 1.165) is 0 Å². The van der Waals surface area contributed by atoms with Crippen LogP contribution < -0.4 is 4.72 Å². The second-order valence-corrected chi connectivity index (χ2v) is 7.05. The summed E-state index contributed by atoms with van der Waals surface area (Å²) in [7, 11) is -3.75. The predicted molar refractivity (Wildman–Crippen MR) is 84.0 cm³/mol. The number of carbonyl (C=O) groups excluding carboxylic acids is 2. The van der Waals surface area contributed by atoms with E-state index in [1.165, 1.54) is 30.5 Å². The second-order valence-electron chi connectivity index (χ2n) is 5.28. The topological polar surface area (TPSA) is 112 Å². The van der Waals surface area contributed by atoms with Crippen molar-refractivity contribution in [1.29, 1.82) is 0 Å². The van der Waals surface area contributed by atoms with E-state index in [9.17, 15) is 18.0 Å². The van der Waals surface area contributed by atoms with Crippen LogP contribution in [-0.4, -0.2) is 33.1 Å². The number of sulfonamides is 1. The first kappa shape index (κ1) is 17.2. The van der Waals surface area contributed by atoms with Crippen molar-refractivity contribution >= 4 is 22.0 Å². The Morgan fingerprint density at radius 2 is 2.00 bits per heavy atom. The summed E-state index contributed by atoms with van der Waals surface area (Å²) in [5, 5.41) is 0. The maximum atomic E-state index is 12.2. The molecule has 0 aliphatic carbocycles. The third-order valence-corrected chi connectivity index (χ3v) is 4.97. The molecular formula is C16H15NO7S. The number of nitrogens with one attached hydrogen (secondary N) is 1. The van der Waals surface area contributed by atoms with Gasteiger partial charge in [0, 0.05) is 6.42 Å². The highest BCUT2D eigenvalue weighted by Gasteiger charge is 2.30. The smallest absolute Gasteiger partial charge is 0.347 e. The standard InChI is InChI=1S/C16H15NO7S/c18-15(24-14-7-9-23-16(14)19)11-3-5-13(6-4-11)25(20,21)17-10-12-2-1-8-22-12/h1-6,8,14,17H,7,9-10H2/t14-/m1/s1. The fourth-order valence-electron chi connectivity index (χ4n) is 2.21. The Morgan fingerprint density at radius 1 is 1.24 bits per heavy atom. The maximum Gasteiger partial charge on any atom is 0.347 e. The highest BCUT2D eigenvalue weighted by atomic mass is 32.2. The van der Waals surface area contributed by atoms with Gasteiger partial charge >= 0.3 is 11.9 Å². The highest BCUT2D eigenvalue weighted by molar-refractivity contribution is 7.89. The Hall–Kier alpha value is -2.65. The number of esters is 2. The maximum absolute atomic E-state index is 12.2. The zero-order valence-corrected chi connectivity index (χ0v) is 13.8.